The highest BCUT2D eigenvalue weighted by Gasteiger charge is 2.30. The maximum atomic E-state index is 12.9. The number of nitrogens with zero attached hydrogens (tertiary/aromatic N) is 2. The quantitative estimate of drug-likeness (QED) is 0.651. The van der Waals surface area contributed by atoms with E-state index in [9.17, 15) is 9.59 Å². The fourth-order valence-electron chi connectivity index (χ4n) is 3.22. The lowest BCUT2D eigenvalue weighted by atomic mass is 10.1. The molecule has 0 saturated heterocycles. The molecule has 1 aliphatic heterocycles. The van der Waals surface area contributed by atoms with Gasteiger partial charge in [0.05, 0.1) is 10.9 Å². The lowest BCUT2D eigenvalue weighted by molar-refractivity contribution is -0.124. The topological polar surface area (TPSA) is 76.0 Å². The van der Waals surface area contributed by atoms with E-state index in [0.717, 1.165) is 16.1 Å². The van der Waals surface area contributed by atoms with Crippen molar-refractivity contribution in [3.8, 4) is 0 Å². The number of benzene rings is 2. The zero-order chi connectivity index (χ0) is 20.4. The predicted octanol–water partition coefficient (Wildman–Crippen LogP) is 3.78. The summed E-state index contributed by atoms with van der Waals surface area (Å²) in [5.74, 6) is 0.315. The fraction of sp³-hybridized carbons (Fsp3) is 0.190. The normalized spacial score (nSPS) is 16.6. The van der Waals surface area contributed by atoms with Crippen LogP contribution in [0.4, 0.5) is 5.69 Å². The maximum Gasteiger partial charge on any atom is 0.238 e. The Bertz CT molecular complexity index is 1050. The highest BCUT2D eigenvalue weighted by Crippen LogP contribution is 2.36. The van der Waals surface area contributed by atoms with Gasteiger partial charge in [0.1, 0.15) is 11.9 Å². The first-order valence-corrected chi connectivity index (χ1v) is 10.4. The molecular formula is C21H19ClN4O2S. The number of amides is 2. The summed E-state index contributed by atoms with van der Waals surface area (Å²) in [6.07, 6.45) is 3.58. The summed E-state index contributed by atoms with van der Waals surface area (Å²) in [5, 5.41) is 6.03. The van der Waals surface area contributed by atoms with E-state index in [2.05, 4.69) is 15.6 Å². The molecule has 0 radical (unpaired) electrons. The van der Waals surface area contributed by atoms with Crippen LogP contribution in [0.5, 0.6) is 0 Å². The minimum Gasteiger partial charge on any atom is -0.342 e. The van der Waals surface area contributed by atoms with Gasteiger partial charge in [-0.1, -0.05) is 35.9 Å². The number of hydrogen-bond acceptors (Lipinski definition) is 4. The van der Waals surface area contributed by atoms with Crippen LogP contribution in [0, 0.1) is 0 Å². The molecule has 0 fully saturated rings. The first-order chi connectivity index (χ1) is 14.0. The number of carbonyl (C=O) groups excluding carboxylic acids is 2. The van der Waals surface area contributed by atoms with Crippen molar-refractivity contribution in [1.82, 2.24) is 14.9 Å². The molecule has 148 valence electrons. The van der Waals surface area contributed by atoms with Gasteiger partial charge in [0.2, 0.25) is 11.8 Å². The first kappa shape index (κ1) is 19.5. The molecule has 2 N–H and O–H groups in total. The van der Waals surface area contributed by atoms with Gasteiger partial charge in [-0.15, -0.1) is 11.8 Å². The van der Waals surface area contributed by atoms with Crippen LogP contribution in [0.25, 0.3) is 0 Å². The van der Waals surface area contributed by atoms with Crippen LogP contribution in [0.15, 0.2) is 65.8 Å². The molecule has 0 aliphatic carbocycles. The van der Waals surface area contributed by atoms with Crippen LogP contribution in [-0.2, 0) is 16.6 Å². The second-order valence-electron chi connectivity index (χ2n) is 6.74. The summed E-state index contributed by atoms with van der Waals surface area (Å²) < 4.78 is 1.86. The van der Waals surface area contributed by atoms with Crippen molar-refractivity contribution in [3.05, 3.63) is 77.3 Å². The van der Waals surface area contributed by atoms with E-state index in [1.165, 1.54) is 11.8 Å². The van der Waals surface area contributed by atoms with Gasteiger partial charge in [0, 0.05) is 35.8 Å². The Morgan fingerprint density at radius 3 is 2.76 bits per heavy atom. The molecule has 1 aliphatic rings. The number of aromatic nitrogens is 2. The summed E-state index contributed by atoms with van der Waals surface area (Å²) in [5.41, 5.74) is 1.65. The summed E-state index contributed by atoms with van der Waals surface area (Å²) in [6.45, 7) is 0. The highest BCUT2D eigenvalue weighted by atomic mass is 35.5. The minimum absolute atomic E-state index is 0.0688. The summed E-state index contributed by atoms with van der Waals surface area (Å²) in [7, 11) is 1.87. The Morgan fingerprint density at radius 1 is 1.28 bits per heavy atom. The Kier molecular flexibility index (Phi) is 5.60. The predicted molar refractivity (Wildman–Crippen MR) is 114 cm³/mol. The number of nitrogens with one attached hydrogen (secondary N) is 2. The van der Waals surface area contributed by atoms with Gasteiger partial charge >= 0.3 is 0 Å². The van der Waals surface area contributed by atoms with Crippen molar-refractivity contribution >= 4 is 40.9 Å². The molecule has 0 bridgehead atoms. The molecule has 8 heteroatoms. The molecule has 0 unspecified atom stereocenters. The number of fused-ring (bicyclic) bond motifs is 1. The standard InChI is InChI=1S/C21H19ClN4O2S/c1-26-11-10-23-20(26)19(13-6-8-14(22)9-7-13)25-18(27)12-17-21(28)24-15-4-2-3-5-16(15)29-17/h2-11,17,19H,12H2,1H3,(H,24,28)(H,25,27)/t17-,19+/m1/s1. The number of rotatable bonds is 5. The number of aryl methyl sites for hydroxylation is 1. The zero-order valence-corrected chi connectivity index (χ0v) is 17.2. The number of para-hydroxylation sites is 1. The van der Waals surface area contributed by atoms with Crippen molar-refractivity contribution in [1.29, 1.82) is 0 Å². The van der Waals surface area contributed by atoms with E-state index in [0.29, 0.717) is 10.8 Å². The maximum absolute atomic E-state index is 12.9. The number of hydrogen-bond donors (Lipinski definition) is 2. The molecule has 0 spiro atoms. The highest BCUT2D eigenvalue weighted by molar-refractivity contribution is 8.01. The Morgan fingerprint density at radius 2 is 2.03 bits per heavy atom. The van der Waals surface area contributed by atoms with Gasteiger partial charge in [0.15, 0.2) is 0 Å². The van der Waals surface area contributed by atoms with Crippen LogP contribution in [0.2, 0.25) is 5.02 Å². The zero-order valence-electron chi connectivity index (χ0n) is 15.6. The number of thioether (sulfide) groups is 1. The Labute approximate surface area is 177 Å². The number of carbonyl (C=O) groups is 2. The first-order valence-electron chi connectivity index (χ1n) is 9.10. The van der Waals surface area contributed by atoms with Crippen LogP contribution in [0.3, 0.4) is 0 Å². The number of halogens is 1. The minimum atomic E-state index is -0.489. The molecule has 2 atom stereocenters. The van der Waals surface area contributed by atoms with E-state index in [1.807, 2.05) is 54.2 Å². The Balaban J connectivity index is 1.52. The van der Waals surface area contributed by atoms with Crippen LogP contribution in [-0.4, -0.2) is 26.6 Å². The smallest absolute Gasteiger partial charge is 0.238 e. The van der Waals surface area contributed by atoms with Crippen molar-refractivity contribution in [2.24, 2.45) is 7.05 Å². The molecule has 1 aromatic heterocycles. The van der Waals surface area contributed by atoms with Gasteiger partial charge in [0.25, 0.3) is 0 Å². The van der Waals surface area contributed by atoms with Crippen LogP contribution in [0.1, 0.15) is 23.9 Å². The van der Waals surface area contributed by atoms with E-state index < -0.39 is 11.3 Å². The molecular weight excluding hydrogens is 408 g/mol. The van der Waals surface area contributed by atoms with Gasteiger partial charge < -0.3 is 15.2 Å². The summed E-state index contributed by atoms with van der Waals surface area (Å²) in [6, 6.07) is 14.4. The third kappa shape index (κ3) is 4.31. The lowest BCUT2D eigenvalue weighted by Gasteiger charge is -2.25. The molecule has 2 aromatic carbocycles. The average molecular weight is 427 g/mol. The molecule has 29 heavy (non-hydrogen) atoms. The second-order valence-corrected chi connectivity index (χ2v) is 8.43. The van der Waals surface area contributed by atoms with Gasteiger partial charge in [-0.05, 0) is 29.8 Å². The molecule has 0 saturated carbocycles. The molecule has 6 nitrogen and oxygen atoms in total. The third-order valence-corrected chi connectivity index (χ3v) is 6.23. The molecule has 2 amide bonds. The summed E-state index contributed by atoms with van der Waals surface area (Å²) in [4.78, 5) is 30.6. The van der Waals surface area contributed by atoms with Crippen molar-refractivity contribution < 1.29 is 9.59 Å². The lowest BCUT2D eigenvalue weighted by Crippen LogP contribution is -2.37. The molecule has 2 heterocycles. The van der Waals surface area contributed by atoms with E-state index >= 15 is 0 Å². The largest absolute Gasteiger partial charge is 0.342 e. The van der Waals surface area contributed by atoms with Gasteiger partial charge in [-0.3, -0.25) is 9.59 Å². The van der Waals surface area contributed by atoms with Gasteiger partial charge in [-0.2, -0.15) is 0 Å². The number of imidazole rings is 1. The summed E-state index contributed by atoms with van der Waals surface area (Å²) >= 11 is 7.42. The van der Waals surface area contributed by atoms with E-state index in [1.54, 1.807) is 18.3 Å². The van der Waals surface area contributed by atoms with Crippen molar-refractivity contribution in [2.75, 3.05) is 5.32 Å². The molecule has 3 aromatic rings. The fourth-order valence-corrected chi connectivity index (χ4v) is 4.46. The SMILES string of the molecule is Cn1ccnc1[C@@H](NC(=O)C[C@H]1Sc2ccccc2NC1=O)c1ccc(Cl)cc1. The van der Waals surface area contributed by atoms with E-state index in [-0.39, 0.29) is 18.2 Å². The van der Waals surface area contributed by atoms with Gasteiger partial charge in [-0.25, -0.2) is 4.98 Å². The number of anilines is 1. The third-order valence-electron chi connectivity index (χ3n) is 4.70. The van der Waals surface area contributed by atoms with Crippen LogP contribution < -0.4 is 10.6 Å². The van der Waals surface area contributed by atoms with Crippen molar-refractivity contribution in [2.45, 2.75) is 22.6 Å². The Hall–Kier alpha value is -2.77. The molecule has 4 rings (SSSR count). The average Bonchev–Trinajstić information content (AvgIpc) is 3.13. The van der Waals surface area contributed by atoms with E-state index in [4.69, 9.17) is 11.6 Å². The van der Waals surface area contributed by atoms with Crippen LogP contribution >= 0.6 is 23.4 Å². The second kappa shape index (κ2) is 8.31. The monoisotopic (exact) mass is 426 g/mol. The van der Waals surface area contributed by atoms with Crippen molar-refractivity contribution in [3.63, 3.8) is 0 Å².